The predicted octanol–water partition coefficient (Wildman–Crippen LogP) is 4.38. The second-order valence-corrected chi connectivity index (χ2v) is 3.84. The maximum atomic E-state index is 12.9. The lowest BCUT2D eigenvalue weighted by Gasteiger charge is -2.07. The van der Waals surface area contributed by atoms with Crippen molar-refractivity contribution < 1.29 is 9.13 Å². The van der Waals surface area contributed by atoms with Crippen LogP contribution in [0.25, 0.3) is 0 Å². The Bertz CT molecular complexity index is 456. The number of benzene rings is 2. The largest absolute Gasteiger partial charge is 0.456 e. The highest BCUT2D eigenvalue weighted by molar-refractivity contribution is 9.10. The monoisotopic (exact) mass is 266 g/mol. The molecule has 0 spiro atoms. The highest BCUT2D eigenvalue weighted by Crippen LogP contribution is 2.29. The Morgan fingerprint density at radius 2 is 1.73 bits per heavy atom. The zero-order valence-corrected chi connectivity index (χ0v) is 9.37. The Morgan fingerprint density at radius 3 is 2.47 bits per heavy atom. The standard InChI is InChI=1S/C12H8BrFO/c13-11-7-6-9(14)8-12(11)15-10-4-2-1-3-5-10/h1-8H. The fourth-order valence-electron chi connectivity index (χ4n) is 1.17. The van der Waals surface area contributed by atoms with Crippen LogP contribution in [-0.2, 0) is 0 Å². The Balaban J connectivity index is 2.28. The molecule has 15 heavy (non-hydrogen) atoms. The summed E-state index contributed by atoms with van der Waals surface area (Å²) in [6.45, 7) is 0. The minimum Gasteiger partial charge on any atom is -0.456 e. The van der Waals surface area contributed by atoms with E-state index in [1.54, 1.807) is 6.07 Å². The summed E-state index contributed by atoms with van der Waals surface area (Å²) in [4.78, 5) is 0. The molecule has 76 valence electrons. The lowest BCUT2D eigenvalue weighted by Crippen LogP contribution is -1.86. The summed E-state index contributed by atoms with van der Waals surface area (Å²) in [5, 5.41) is 0. The Kier molecular flexibility index (Phi) is 3.02. The molecule has 0 saturated carbocycles. The van der Waals surface area contributed by atoms with Crippen LogP contribution in [0, 0.1) is 5.82 Å². The van der Waals surface area contributed by atoms with Gasteiger partial charge >= 0.3 is 0 Å². The molecule has 2 rings (SSSR count). The molecule has 1 nitrogen and oxygen atoms in total. The van der Waals surface area contributed by atoms with Crippen molar-refractivity contribution in [2.45, 2.75) is 0 Å². The van der Waals surface area contributed by atoms with Crippen LogP contribution in [0.2, 0.25) is 0 Å². The first kappa shape index (κ1) is 10.2. The second kappa shape index (κ2) is 4.45. The SMILES string of the molecule is Fc1ccc(Br)c(Oc2ccccc2)c1. The van der Waals surface area contributed by atoms with Crippen molar-refractivity contribution in [1.82, 2.24) is 0 Å². The molecule has 2 aromatic rings. The topological polar surface area (TPSA) is 9.23 Å². The fourth-order valence-corrected chi connectivity index (χ4v) is 1.50. The quantitative estimate of drug-likeness (QED) is 0.784. The molecule has 0 aliphatic carbocycles. The molecule has 0 N–H and O–H groups in total. The molecule has 0 atom stereocenters. The third-order valence-corrected chi connectivity index (χ3v) is 2.52. The van der Waals surface area contributed by atoms with E-state index < -0.39 is 0 Å². The Morgan fingerprint density at radius 1 is 1.00 bits per heavy atom. The third-order valence-electron chi connectivity index (χ3n) is 1.86. The number of hydrogen-bond acceptors (Lipinski definition) is 1. The first-order valence-electron chi connectivity index (χ1n) is 4.43. The van der Waals surface area contributed by atoms with Gasteiger partial charge in [-0.3, -0.25) is 0 Å². The van der Waals surface area contributed by atoms with Crippen molar-refractivity contribution in [1.29, 1.82) is 0 Å². The molecule has 0 fully saturated rings. The van der Waals surface area contributed by atoms with Crippen LogP contribution >= 0.6 is 15.9 Å². The van der Waals surface area contributed by atoms with E-state index in [0.29, 0.717) is 11.5 Å². The fraction of sp³-hybridized carbons (Fsp3) is 0. The van der Waals surface area contributed by atoms with E-state index in [2.05, 4.69) is 15.9 Å². The van der Waals surface area contributed by atoms with Gasteiger partial charge in [0.25, 0.3) is 0 Å². The molecule has 0 aromatic heterocycles. The lowest BCUT2D eigenvalue weighted by atomic mass is 10.3. The molecule has 0 aliphatic heterocycles. The van der Waals surface area contributed by atoms with Gasteiger partial charge < -0.3 is 4.74 Å². The van der Waals surface area contributed by atoms with Crippen molar-refractivity contribution in [2.75, 3.05) is 0 Å². The number of rotatable bonds is 2. The van der Waals surface area contributed by atoms with E-state index in [1.165, 1.54) is 12.1 Å². The van der Waals surface area contributed by atoms with E-state index in [9.17, 15) is 4.39 Å². The van der Waals surface area contributed by atoms with E-state index >= 15 is 0 Å². The van der Waals surface area contributed by atoms with Crippen LogP contribution in [0.4, 0.5) is 4.39 Å². The normalized spacial score (nSPS) is 10.0. The number of hydrogen-bond donors (Lipinski definition) is 0. The van der Waals surface area contributed by atoms with Gasteiger partial charge in [0.1, 0.15) is 17.3 Å². The van der Waals surface area contributed by atoms with E-state index in [4.69, 9.17) is 4.74 Å². The van der Waals surface area contributed by atoms with Crippen LogP contribution in [-0.4, -0.2) is 0 Å². The molecule has 0 heterocycles. The van der Waals surface area contributed by atoms with Gasteiger partial charge in [0, 0.05) is 6.07 Å². The van der Waals surface area contributed by atoms with Gasteiger partial charge in [0.05, 0.1) is 4.47 Å². The lowest BCUT2D eigenvalue weighted by molar-refractivity contribution is 0.473. The Labute approximate surface area is 95.6 Å². The highest BCUT2D eigenvalue weighted by atomic mass is 79.9. The molecular formula is C12H8BrFO. The van der Waals surface area contributed by atoms with Gasteiger partial charge in [0.15, 0.2) is 0 Å². The second-order valence-electron chi connectivity index (χ2n) is 2.99. The van der Waals surface area contributed by atoms with Crippen molar-refractivity contribution in [2.24, 2.45) is 0 Å². The molecule has 0 saturated heterocycles. The van der Waals surface area contributed by atoms with Crippen LogP contribution < -0.4 is 4.74 Å². The minimum absolute atomic E-state index is 0.316. The average molecular weight is 267 g/mol. The molecule has 0 bridgehead atoms. The summed E-state index contributed by atoms with van der Waals surface area (Å²) in [6.07, 6.45) is 0. The summed E-state index contributed by atoms with van der Waals surface area (Å²) in [6, 6.07) is 13.6. The third kappa shape index (κ3) is 2.57. The van der Waals surface area contributed by atoms with Crippen LogP contribution in [0.3, 0.4) is 0 Å². The van der Waals surface area contributed by atoms with E-state index in [-0.39, 0.29) is 5.82 Å². The summed E-state index contributed by atoms with van der Waals surface area (Å²) in [5.41, 5.74) is 0. The van der Waals surface area contributed by atoms with Gasteiger partial charge in [0.2, 0.25) is 0 Å². The summed E-state index contributed by atoms with van der Waals surface area (Å²) in [7, 11) is 0. The van der Waals surface area contributed by atoms with E-state index in [0.717, 1.165) is 4.47 Å². The van der Waals surface area contributed by atoms with E-state index in [1.807, 2.05) is 30.3 Å². The van der Waals surface area contributed by atoms with Gasteiger partial charge in [-0.05, 0) is 40.2 Å². The predicted molar refractivity (Wildman–Crippen MR) is 60.6 cm³/mol. The smallest absolute Gasteiger partial charge is 0.144 e. The molecule has 0 unspecified atom stereocenters. The number of ether oxygens (including phenoxy) is 1. The molecule has 0 radical (unpaired) electrons. The van der Waals surface area contributed by atoms with Gasteiger partial charge in [-0.2, -0.15) is 0 Å². The maximum absolute atomic E-state index is 12.9. The Hall–Kier alpha value is -1.35. The van der Waals surface area contributed by atoms with Crippen LogP contribution in [0.5, 0.6) is 11.5 Å². The average Bonchev–Trinajstić information content (AvgIpc) is 2.25. The van der Waals surface area contributed by atoms with Crippen molar-refractivity contribution >= 4 is 15.9 Å². The van der Waals surface area contributed by atoms with Crippen LogP contribution in [0.1, 0.15) is 0 Å². The van der Waals surface area contributed by atoms with Gasteiger partial charge in [-0.25, -0.2) is 4.39 Å². The summed E-state index contributed by atoms with van der Waals surface area (Å²) in [5.74, 6) is 0.842. The van der Waals surface area contributed by atoms with Crippen molar-refractivity contribution in [3.8, 4) is 11.5 Å². The van der Waals surface area contributed by atoms with Crippen LogP contribution in [0.15, 0.2) is 53.0 Å². The molecular weight excluding hydrogens is 259 g/mol. The van der Waals surface area contributed by atoms with Crippen molar-refractivity contribution in [3.63, 3.8) is 0 Å². The zero-order chi connectivity index (χ0) is 10.7. The van der Waals surface area contributed by atoms with Gasteiger partial charge in [-0.1, -0.05) is 18.2 Å². The van der Waals surface area contributed by atoms with Crippen molar-refractivity contribution in [3.05, 3.63) is 58.8 Å². The maximum Gasteiger partial charge on any atom is 0.144 e. The molecule has 0 amide bonds. The minimum atomic E-state index is -0.316. The molecule has 0 aliphatic rings. The summed E-state index contributed by atoms with van der Waals surface area (Å²) >= 11 is 3.30. The molecule has 2 aromatic carbocycles. The highest BCUT2D eigenvalue weighted by Gasteiger charge is 2.03. The molecule has 3 heteroatoms. The zero-order valence-electron chi connectivity index (χ0n) is 7.78. The summed E-state index contributed by atoms with van der Waals surface area (Å²) < 4.78 is 19.2. The first-order chi connectivity index (χ1) is 7.25. The number of halogens is 2. The first-order valence-corrected chi connectivity index (χ1v) is 5.23. The van der Waals surface area contributed by atoms with Gasteiger partial charge in [-0.15, -0.1) is 0 Å². The number of para-hydroxylation sites is 1.